The van der Waals surface area contributed by atoms with Crippen LogP contribution < -0.4 is 10.1 Å². The van der Waals surface area contributed by atoms with Crippen LogP contribution in [-0.4, -0.2) is 24.4 Å². The van der Waals surface area contributed by atoms with Crippen molar-refractivity contribution in [1.29, 1.82) is 0 Å². The van der Waals surface area contributed by atoms with Gasteiger partial charge in [-0.3, -0.25) is 9.79 Å². The Morgan fingerprint density at radius 2 is 2.18 bits per heavy atom. The monoisotopic (exact) mass is 232 g/mol. The topological polar surface area (TPSA) is 50.7 Å². The third kappa shape index (κ3) is 2.46. The molecule has 0 aromatic heterocycles. The SMILES string of the molecule is COc1cccc(CC2=NC(C)(C)C(=O)N2)c1. The fourth-order valence-corrected chi connectivity index (χ4v) is 1.76. The standard InChI is InChI=1S/C13H16N2O2/c1-13(2)12(16)14-11(15-13)8-9-5-4-6-10(7-9)17-3/h4-7H,8H2,1-3H3,(H,14,15,16). The maximum absolute atomic E-state index is 11.6. The number of methoxy groups -OCH3 is 1. The molecule has 0 fully saturated rings. The number of carbonyl (C=O) groups excluding carboxylic acids is 1. The molecule has 1 aromatic carbocycles. The lowest BCUT2D eigenvalue weighted by Crippen LogP contribution is -2.34. The summed E-state index contributed by atoms with van der Waals surface area (Å²) in [6.45, 7) is 3.61. The predicted molar refractivity (Wildman–Crippen MR) is 66.4 cm³/mol. The first-order valence-electron chi connectivity index (χ1n) is 5.54. The molecule has 0 saturated carbocycles. The van der Waals surface area contributed by atoms with Gasteiger partial charge in [-0.15, -0.1) is 0 Å². The molecule has 4 nitrogen and oxygen atoms in total. The fraction of sp³-hybridized carbons (Fsp3) is 0.385. The lowest BCUT2D eigenvalue weighted by atomic mass is 10.1. The number of amidine groups is 1. The quantitative estimate of drug-likeness (QED) is 0.859. The van der Waals surface area contributed by atoms with Crippen LogP contribution in [0.3, 0.4) is 0 Å². The molecular formula is C13H16N2O2. The molecule has 0 atom stereocenters. The van der Waals surface area contributed by atoms with Gasteiger partial charge in [0.2, 0.25) is 0 Å². The van der Waals surface area contributed by atoms with Crippen LogP contribution in [0.2, 0.25) is 0 Å². The summed E-state index contributed by atoms with van der Waals surface area (Å²) in [5, 5.41) is 2.80. The summed E-state index contributed by atoms with van der Waals surface area (Å²) in [6.07, 6.45) is 0.617. The summed E-state index contributed by atoms with van der Waals surface area (Å²) in [5.74, 6) is 1.48. The normalized spacial score (nSPS) is 17.6. The highest BCUT2D eigenvalue weighted by atomic mass is 16.5. The van der Waals surface area contributed by atoms with Crippen molar-refractivity contribution in [3.63, 3.8) is 0 Å². The maximum Gasteiger partial charge on any atom is 0.252 e. The fourth-order valence-electron chi connectivity index (χ4n) is 1.76. The third-order valence-electron chi connectivity index (χ3n) is 2.73. The van der Waals surface area contributed by atoms with Crippen LogP contribution in [0.5, 0.6) is 5.75 Å². The third-order valence-corrected chi connectivity index (χ3v) is 2.73. The van der Waals surface area contributed by atoms with Crippen LogP contribution in [0.1, 0.15) is 19.4 Å². The molecule has 2 rings (SSSR count). The minimum Gasteiger partial charge on any atom is -0.497 e. The molecule has 0 aliphatic carbocycles. The first-order valence-corrected chi connectivity index (χ1v) is 5.54. The number of nitrogens with zero attached hydrogens (tertiary/aromatic N) is 1. The molecule has 0 spiro atoms. The van der Waals surface area contributed by atoms with E-state index in [4.69, 9.17) is 4.74 Å². The smallest absolute Gasteiger partial charge is 0.252 e. The maximum atomic E-state index is 11.6. The summed E-state index contributed by atoms with van der Waals surface area (Å²) in [7, 11) is 1.64. The zero-order valence-corrected chi connectivity index (χ0v) is 10.3. The molecule has 1 amide bonds. The van der Waals surface area contributed by atoms with E-state index >= 15 is 0 Å². The van der Waals surface area contributed by atoms with E-state index in [1.165, 1.54) is 0 Å². The van der Waals surface area contributed by atoms with Crippen molar-refractivity contribution < 1.29 is 9.53 Å². The van der Waals surface area contributed by atoms with E-state index in [2.05, 4.69) is 10.3 Å². The van der Waals surface area contributed by atoms with Crippen LogP contribution in [0.15, 0.2) is 29.3 Å². The van der Waals surface area contributed by atoms with Crippen molar-refractivity contribution in [1.82, 2.24) is 5.32 Å². The number of rotatable bonds is 3. The number of carbonyl (C=O) groups is 1. The lowest BCUT2D eigenvalue weighted by Gasteiger charge is -2.07. The molecule has 0 bridgehead atoms. The molecule has 4 heteroatoms. The Balaban J connectivity index is 2.14. The molecule has 1 N–H and O–H groups in total. The zero-order chi connectivity index (χ0) is 12.5. The minimum atomic E-state index is -0.645. The average Bonchev–Trinajstić information content (AvgIpc) is 2.52. The van der Waals surface area contributed by atoms with Crippen LogP contribution in [-0.2, 0) is 11.2 Å². The Morgan fingerprint density at radius 1 is 1.41 bits per heavy atom. The second-order valence-electron chi connectivity index (χ2n) is 4.60. The summed E-state index contributed by atoms with van der Waals surface area (Å²) >= 11 is 0. The van der Waals surface area contributed by atoms with Crippen LogP contribution in [0.4, 0.5) is 0 Å². The van der Waals surface area contributed by atoms with Gasteiger partial charge in [0, 0.05) is 6.42 Å². The molecule has 90 valence electrons. The van der Waals surface area contributed by atoms with Gasteiger partial charge in [0.15, 0.2) is 0 Å². The minimum absolute atomic E-state index is 0.0459. The van der Waals surface area contributed by atoms with E-state index in [1.54, 1.807) is 21.0 Å². The number of aliphatic imine (C=N–C) groups is 1. The highest BCUT2D eigenvalue weighted by Gasteiger charge is 2.33. The molecule has 1 aliphatic rings. The molecule has 1 heterocycles. The summed E-state index contributed by atoms with van der Waals surface area (Å²) < 4.78 is 5.15. The Bertz CT molecular complexity index is 478. The van der Waals surface area contributed by atoms with Gasteiger partial charge in [-0.2, -0.15) is 0 Å². The highest BCUT2D eigenvalue weighted by Crippen LogP contribution is 2.18. The van der Waals surface area contributed by atoms with Gasteiger partial charge in [0.1, 0.15) is 17.1 Å². The van der Waals surface area contributed by atoms with Crippen molar-refractivity contribution in [3.05, 3.63) is 29.8 Å². The van der Waals surface area contributed by atoms with E-state index in [1.807, 2.05) is 24.3 Å². The molecule has 0 saturated heterocycles. The first kappa shape index (κ1) is 11.6. The van der Waals surface area contributed by atoms with E-state index in [0.717, 1.165) is 11.3 Å². The number of ether oxygens (including phenoxy) is 1. The molecular weight excluding hydrogens is 216 g/mol. The summed E-state index contributed by atoms with van der Waals surface area (Å²) in [5.41, 5.74) is 0.426. The van der Waals surface area contributed by atoms with Gasteiger partial charge >= 0.3 is 0 Å². The van der Waals surface area contributed by atoms with Gasteiger partial charge in [-0.1, -0.05) is 12.1 Å². The summed E-state index contributed by atoms with van der Waals surface area (Å²) in [4.78, 5) is 15.9. The lowest BCUT2D eigenvalue weighted by molar-refractivity contribution is -0.122. The van der Waals surface area contributed by atoms with Gasteiger partial charge in [0.25, 0.3) is 5.91 Å². The van der Waals surface area contributed by atoms with E-state index in [-0.39, 0.29) is 5.91 Å². The Hall–Kier alpha value is -1.84. The van der Waals surface area contributed by atoms with Crippen LogP contribution in [0, 0.1) is 0 Å². The number of amides is 1. The molecule has 1 aromatic rings. The first-order chi connectivity index (χ1) is 8.01. The van der Waals surface area contributed by atoms with Gasteiger partial charge < -0.3 is 10.1 Å². The second-order valence-corrected chi connectivity index (χ2v) is 4.60. The molecule has 17 heavy (non-hydrogen) atoms. The van der Waals surface area contributed by atoms with Crippen molar-refractivity contribution in [2.75, 3.05) is 7.11 Å². The Morgan fingerprint density at radius 3 is 2.76 bits per heavy atom. The predicted octanol–water partition coefficient (Wildman–Crippen LogP) is 1.54. The van der Waals surface area contributed by atoms with Gasteiger partial charge in [-0.25, -0.2) is 0 Å². The Labute approximate surface area is 101 Å². The van der Waals surface area contributed by atoms with Crippen LogP contribution in [0.25, 0.3) is 0 Å². The van der Waals surface area contributed by atoms with Gasteiger partial charge in [0.05, 0.1) is 7.11 Å². The summed E-state index contributed by atoms with van der Waals surface area (Å²) in [6, 6.07) is 7.75. The second kappa shape index (κ2) is 4.20. The number of nitrogens with one attached hydrogen (secondary N) is 1. The van der Waals surface area contributed by atoms with E-state index < -0.39 is 5.54 Å². The van der Waals surface area contributed by atoms with Gasteiger partial charge in [-0.05, 0) is 31.5 Å². The van der Waals surface area contributed by atoms with E-state index in [9.17, 15) is 4.79 Å². The number of benzene rings is 1. The highest BCUT2D eigenvalue weighted by molar-refractivity contribution is 6.08. The largest absolute Gasteiger partial charge is 0.497 e. The van der Waals surface area contributed by atoms with Crippen molar-refractivity contribution >= 4 is 11.7 Å². The molecule has 1 aliphatic heterocycles. The number of hydrogen-bond acceptors (Lipinski definition) is 3. The van der Waals surface area contributed by atoms with Crippen LogP contribution >= 0.6 is 0 Å². The average molecular weight is 232 g/mol. The van der Waals surface area contributed by atoms with Crippen molar-refractivity contribution in [2.45, 2.75) is 25.8 Å². The number of hydrogen-bond donors (Lipinski definition) is 1. The van der Waals surface area contributed by atoms with Crippen molar-refractivity contribution in [2.24, 2.45) is 4.99 Å². The molecule has 0 radical (unpaired) electrons. The zero-order valence-electron chi connectivity index (χ0n) is 10.3. The Kier molecular flexibility index (Phi) is 2.88. The van der Waals surface area contributed by atoms with E-state index in [0.29, 0.717) is 12.3 Å². The van der Waals surface area contributed by atoms with Crippen molar-refractivity contribution in [3.8, 4) is 5.75 Å². The molecule has 0 unspecified atom stereocenters.